The lowest BCUT2D eigenvalue weighted by Gasteiger charge is -2.05. The highest BCUT2D eigenvalue weighted by Crippen LogP contribution is 2.15. The van der Waals surface area contributed by atoms with E-state index in [2.05, 4.69) is 10.3 Å². The minimum absolute atomic E-state index is 0.138. The van der Waals surface area contributed by atoms with Crippen LogP contribution in [0.25, 0.3) is 0 Å². The van der Waals surface area contributed by atoms with Gasteiger partial charge >= 0.3 is 0 Å². The Morgan fingerprint density at radius 3 is 2.53 bits per heavy atom. The van der Waals surface area contributed by atoms with Crippen molar-refractivity contribution in [2.45, 2.75) is 19.2 Å². The number of anilines is 1. The van der Waals surface area contributed by atoms with E-state index < -0.39 is 10.0 Å². The fourth-order valence-corrected chi connectivity index (χ4v) is 3.02. The van der Waals surface area contributed by atoms with Gasteiger partial charge in [-0.2, -0.15) is 0 Å². The van der Waals surface area contributed by atoms with Crippen molar-refractivity contribution in [3.05, 3.63) is 45.9 Å². The molecule has 0 spiro atoms. The van der Waals surface area contributed by atoms with E-state index in [1.165, 1.54) is 0 Å². The van der Waals surface area contributed by atoms with Crippen molar-refractivity contribution in [2.75, 3.05) is 5.32 Å². The summed E-state index contributed by atoms with van der Waals surface area (Å²) in [6.07, 6.45) is 1.85. The zero-order valence-corrected chi connectivity index (χ0v) is 12.1. The van der Waals surface area contributed by atoms with Gasteiger partial charge in [-0.05, 0) is 24.6 Å². The number of primary sulfonamides is 1. The van der Waals surface area contributed by atoms with E-state index in [1.54, 1.807) is 23.5 Å². The number of sulfonamides is 1. The SMILES string of the molecule is Cc1ncc(CNc2ccc(CS(N)(=O)=O)cc2)s1. The summed E-state index contributed by atoms with van der Waals surface area (Å²) in [4.78, 5) is 5.34. The average molecular weight is 297 g/mol. The first-order chi connectivity index (χ1) is 8.92. The van der Waals surface area contributed by atoms with Crippen molar-refractivity contribution < 1.29 is 8.42 Å². The number of hydrogen-bond donors (Lipinski definition) is 2. The van der Waals surface area contributed by atoms with Gasteiger partial charge in [0.25, 0.3) is 0 Å². The lowest BCUT2D eigenvalue weighted by molar-refractivity contribution is 0.597. The normalized spacial score (nSPS) is 11.5. The van der Waals surface area contributed by atoms with Gasteiger partial charge in [0.15, 0.2) is 0 Å². The largest absolute Gasteiger partial charge is 0.380 e. The highest BCUT2D eigenvalue weighted by atomic mass is 32.2. The van der Waals surface area contributed by atoms with Gasteiger partial charge in [0.2, 0.25) is 10.0 Å². The number of rotatable bonds is 5. The van der Waals surface area contributed by atoms with Gasteiger partial charge in [0.05, 0.1) is 17.3 Å². The Kier molecular flexibility index (Phi) is 4.18. The van der Waals surface area contributed by atoms with Gasteiger partial charge in [0, 0.05) is 16.8 Å². The van der Waals surface area contributed by atoms with Crippen LogP contribution < -0.4 is 10.5 Å². The molecule has 0 unspecified atom stereocenters. The van der Waals surface area contributed by atoms with Gasteiger partial charge in [-0.15, -0.1) is 11.3 Å². The Balaban J connectivity index is 1.95. The van der Waals surface area contributed by atoms with Gasteiger partial charge in [-0.1, -0.05) is 12.1 Å². The molecule has 1 aromatic heterocycles. The van der Waals surface area contributed by atoms with Gasteiger partial charge in [-0.3, -0.25) is 0 Å². The van der Waals surface area contributed by atoms with Crippen LogP contribution in [-0.4, -0.2) is 13.4 Å². The second kappa shape index (κ2) is 5.68. The van der Waals surface area contributed by atoms with Crippen LogP contribution in [-0.2, 0) is 22.3 Å². The molecular formula is C12H15N3O2S2. The second-order valence-corrected chi connectivity index (χ2v) is 7.14. The first-order valence-corrected chi connectivity index (χ1v) is 8.20. The van der Waals surface area contributed by atoms with Crippen LogP contribution in [0.2, 0.25) is 0 Å². The molecule has 3 N–H and O–H groups in total. The lowest BCUT2D eigenvalue weighted by Crippen LogP contribution is -2.14. The predicted octanol–water partition coefficient (Wildman–Crippen LogP) is 1.85. The number of hydrogen-bond acceptors (Lipinski definition) is 5. The number of aromatic nitrogens is 1. The first-order valence-electron chi connectivity index (χ1n) is 5.67. The molecule has 0 amide bonds. The maximum atomic E-state index is 11.0. The Labute approximate surface area is 116 Å². The molecule has 0 aliphatic heterocycles. The molecular weight excluding hydrogens is 282 g/mol. The third-order valence-corrected chi connectivity index (χ3v) is 4.11. The number of nitrogens with one attached hydrogen (secondary N) is 1. The van der Waals surface area contributed by atoms with Crippen LogP contribution in [0.1, 0.15) is 15.4 Å². The molecule has 0 saturated carbocycles. The summed E-state index contributed by atoms with van der Waals surface area (Å²) in [6.45, 7) is 2.68. The highest BCUT2D eigenvalue weighted by molar-refractivity contribution is 7.88. The number of thiazole rings is 1. The summed E-state index contributed by atoms with van der Waals surface area (Å²) in [6, 6.07) is 7.19. The fourth-order valence-electron chi connectivity index (χ4n) is 1.63. The van der Waals surface area contributed by atoms with E-state index in [0.29, 0.717) is 12.1 Å². The molecule has 1 aromatic carbocycles. The molecule has 0 aliphatic carbocycles. The van der Waals surface area contributed by atoms with Gasteiger partial charge in [0.1, 0.15) is 0 Å². The molecule has 0 fully saturated rings. The zero-order chi connectivity index (χ0) is 13.9. The van der Waals surface area contributed by atoms with Crippen molar-refractivity contribution in [3.63, 3.8) is 0 Å². The second-order valence-electron chi connectivity index (χ2n) is 4.20. The van der Waals surface area contributed by atoms with Crippen molar-refractivity contribution in [3.8, 4) is 0 Å². The van der Waals surface area contributed by atoms with Crippen LogP contribution in [0, 0.1) is 6.92 Å². The standard InChI is InChI=1S/C12H15N3O2S2/c1-9-14-6-12(18-9)7-15-11-4-2-10(3-5-11)8-19(13,16)17/h2-6,15H,7-8H2,1H3,(H2,13,16,17). The maximum absolute atomic E-state index is 11.0. The number of nitrogens with zero attached hydrogens (tertiary/aromatic N) is 1. The van der Waals surface area contributed by atoms with Crippen molar-refractivity contribution in [1.29, 1.82) is 0 Å². The fraction of sp³-hybridized carbons (Fsp3) is 0.250. The highest BCUT2D eigenvalue weighted by Gasteiger charge is 2.04. The van der Waals surface area contributed by atoms with E-state index in [4.69, 9.17) is 5.14 Å². The van der Waals surface area contributed by atoms with Crippen molar-refractivity contribution in [1.82, 2.24) is 4.98 Å². The van der Waals surface area contributed by atoms with Gasteiger partial charge < -0.3 is 5.32 Å². The summed E-state index contributed by atoms with van der Waals surface area (Å²) in [5.74, 6) is -0.138. The summed E-state index contributed by atoms with van der Waals surface area (Å²) in [5, 5.41) is 9.29. The Morgan fingerprint density at radius 2 is 2.00 bits per heavy atom. The molecule has 1 heterocycles. The Morgan fingerprint density at radius 1 is 1.32 bits per heavy atom. The monoisotopic (exact) mass is 297 g/mol. The van der Waals surface area contributed by atoms with Crippen LogP contribution in [0.5, 0.6) is 0 Å². The summed E-state index contributed by atoms with van der Waals surface area (Å²) >= 11 is 1.65. The van der Waals surface area contributed by atoms with E-state index in [9.17, 15) is 8.42 Å². The Hall–Kier alpha value is -1.44. The van der Waals surface area contributed by atoms with E-state index in [0.717, 1.165) is 15.6 Å². The molecule has 7 heteroatoms. The molecule has 19 heavy (non-hydrogen) atoms. The third-order valence-electron chi connectivity index (χ3n) is 2.46. The van der Waals surface area contributed by atoms with E-state index in [-0.39, 0.29) is 5.75 Å². The van der Waals surface area contributed by atoms with Crippen molar-refractivity contribution in [2.24, 2.45) is 5.14 Å². The maximum Gasteiger partial charge on any atom is 0.213 e. The number of benzene rings is 1. The predicted molar refractivity (Wildman–Crippen MR) is 77.4 cm³/mol. The molecule has 5 nitrogen and oxygen atoms in total. The molecule has 0 atom stereocenters. The first kappa shape index (κ1) is 14.0. The number of aryl methyl sites for hydroxylation is 1. The lowest BCUT2D eigenvalue weighted by atomic mass is 10.2. The molecule has 2 rings (SSSR count). The van der Waals surface area contributed by atoms with E-state index in [1.807, 2.05) is 25.3 Å². The minimum Gasteiger partial charge on any atom is -0.380 e. The quantitative estimate of drug-likeness (QED) is 0.882. The van der Waals surface area contributed by atoms with Gasteiger partial charge in [-0.25, -0.2) is 18.5 Å². The summed E-state index contributed by atoms with van der Waals surface area (Å²) in [5.41, 5.74) is 1.62. The molecule has 0 saturated heterocycles. The van der Waals surface area contributed by atoms with Crippen molar-refractivity contribution >= 4 is 27.0 Å². The Bertz CT molecular complexity index is 648. The molecule has 0 aliphatic rings. The average Bonchev–Trinajstić information content (AvgIpc) is 2.72. The molecule has 2 aromatic rings. The van der Waals surface area contributed by atoms with Crippen LogP contribution in [0.4, 0.5) is 5.69 Å². The molecule has 102 valence electrons. The van der Waals surface area contributed by atoms with E-state index >= 15 is 0 Å². The molecule has 0 bridgehead atoms. The number of nitrogens with two attached hydrogens (primary N) is 1. The van der Waals surface area contributed by atoms with Crippen LogP contribution in [0.15, 0.2) is 30.5 Å². The summed E-state index contributed by atoms with van der Waals surface area (Å²) in [7, 11) is -3.47. The molecule has 0 radical (unpaired) electrons. The smallest absolute Gasteiger partial charge is 0.213 e. The third kappa shape index (κ3) is 4.62. The summed E-state index contributed by atoms with van der Waals surface area (Å²) < 4.78 is 21.9. The topological polar surface area (TPSA) is 85.1 Å². The van der Waals surface area contributed by atoms with Crippen LogP contribution >= 0.6 is 11.3 Å². The minimum atomic E-state index is -3.47. The zero-order valence-electron chi connectivity index (χ0n) is 10.5. The van der Waals surface area contributed by atoms with Crippen LogP contribution in [0.3, 0.4) is 0 Å².